The molecular formula is C35H43Cl2N9O4S. The second-order valence-electron chi connectivity index (χ2n) is 13.0. The van der Waals surface area contributed by atoms with Crippen molar-refractivity contribution in [1.82, 2.24) is 30.2 Å². The number of anilines is 1. The van der Waals surface area contributed by atoms with Crippen molar-refractivity contribution in [3.63, 3.8) is 0 Å². The summed E-state index contributed by atoms with van der Waals surface area (Å²) in [5.74, 6) is -0.332. The van der Waals surface area contributed by atoms with Gasteiger partial charge in [-0.25, -0.2) is 18.2 Å². The largest absolute Gasteiger partial charge is 0.368 e. The van der Waals surface area contributed by atoms with Crippen LogP contribution in [-0.4, -0.2) is 72.1 Å². The Morgan fingerprint density at radius 3 is 2.33 bits per heavy atom. The third-order valence-electron chi connectivity index (χ3n) is 9.64. The molecule has 2 aliphatic rings. The molecule has 272 valence electrons. The van der Waals surface area contributed by atoms with Crippen LogP contribution in [-0.2, 0) is 26.0 Å². The van der Waals surface area contributed by atoms with E-state index in [4.69, 9.17) is 23.1 Å². The SMILES string of the molecule is Cl.NCC1CCC(C(=O)N(c2ccc(-c3n[nH]c(Cl)n3)cc2)[C@@H](Cc2cccc(-c3cncc(S(=O)(=O)NC4CCNCC4)c3)c2)C(N)=O)CC1. The molecule has 0 bridgehead atoms. The van der Waals surface area contributed by atoms with E-state index in [0.29, 0.717) is 66.3 Å². The molecule has 4 aromatic rings. The Balaban J connectivity index is 0.00000504. The first-order chi connectivity index (χ1) is 24.1. The number of piperidine rings is 1. The predicted octanol–water partition coefficient (Wildman–Crippen LogP) is 3.83. The molecule has 7 N–H and O–H groups in total. The fourth-order valence-corrected chi connectivity index (χ4v) is 8.23. The normalized spacial score (nSPS) is 18.8. The molecule has 2 aromatic heterocycles. The number of aromatic amines is 1. The third-order valence-corrected chi connectivity index (χ3v) is 11.3. The quantitative estimate of drug-likeness (QED) is 0.142. The Labute approximate surface area is 308 Å². The number of hydrogen-bond acceptors (Lipinski definition) is 9. The van der Waals surface area contributed by atoms with Crippen molar-refractivity contribution in [2.45, 2.75) is 61.9 Å². The van der Waals surface area contributed by atoms with Gasteiger partial charge in [-0.2, -0.15) is 10.1 Å². The van der Waals surface area contributed by atoms with E-state index in [1.165, 1.54) is 11.1 Å². The first-order valence-electron chi connectivity index (χ1n) is 16.9. The molecule has 1 saturated heterocycles. The van der Waals surface area contributed by atoms with Gasteiger partial charge in [-0.3, -0.25) is 19.5 Å². The van der Waals surface area contributed by atoms with Gasteiger partial charge >= 0.3 is 0 Å². The van der Waals surface area contributed by atoms with Gasteiger partial charge in [-0.05, 0) is 117 Å². The Morgan fingerprint density at radius 2 is 1.69 bits per heavy atom. The van der Waals surface area contributed by atoms with Crippen molar-refractivity contribution < 1.29 is 18.0 Å². The van der Waals surface area contributed by atoms with E-state index >= 15 is 0 Å². The van der Waals surface area contributed by atoms with Crippen molar-refractivity contribution in [3.8, 4) is 22.5 Å². The topological polar surface area (TPSA) is 202 Å². The van der Waals surface area contributed by atoms with Crippen molar-refractivity contribution in [1.29, 1.82) is 0 Å². The molecule has 13 nitrogen and oxygen atoms in total. The van der Waals surface area contributed by atoms with Gasteiger partial charge in [0, 0.05) is 47.6 Å². The first-order valence-corrected chi connectivity index (χ1v) is 18.8. The Morgan fingerprint density at radius 1 is 0.961 bits per heavy atom. The summed E-state index contributed by atoms with van der Waals surface area (Å²) in [4.78, 5) is 37.6. The van der Waals surface area contributed by atoms with E-state index < -0.39 is 22.0 Å². The van der Waals surface area contributed by atoms with E-state index in [1.54, 1.807) is 36.5 Å². The minimum absolute atomic E-state index is 0. The molecule has 1 aliphatic carbocycles. The lowest BCUT2D eigenvalue weighted by Gasteiger charge is -2.35. The molecule has 2 fully saturated rings. The number of amides is 2. The predicted molar refractivity (Wildman–Crippen MR) is 199 cm³/mol. The summed E-state index contributed by atoms with van der Waals surface area (Å²) in [5.41, 5.74) is 15.2. The lowest BCUT2D eigenvalue weighted by molar-refractivity contribution is -0.127. The van der Waals surface area contributed by atoms with Crippen LogP contribution in [0.15, 0.2) is 71.9 Å². The average molecular weight is 757 g/mol. The molecule has 16 heteroatoms. The van der Waals surface area contributed by atoms with Crippen molar-refractivity contribution in [2.24, 2.45) is 23.3 Å². The average Bonchev–Trinajstić information content (AvgIpc) is 3.58. The van der Waals surface area contributed by atoms with Gasteiger partial charge in [0.05, 0.1) is 0 Å². The third kappa shape index (κ3) is 9.31. The van der Waals surface area contributed by atoms with Crippen LogP contribution in [0.1, 0.15) is 44.1 Å². The fourth-order valence-electron chi connectivity index (χ4n) is 6.82. The maximum atomic E-state index is 14.3. The van der Waals surface area contributed by atoms with E-state index in [-0.39, 0.29) is 46.9 Å². The summed E-state index contributed by atoms with van der Waals surface area (Å²) in [7, 11) is -3.79. The molecule has 0 radical (unpaired) electrons. The minimum Gasteiger partial charge on any atom is -0.368 e. The van der Waals surface area contributed by atoms with Crippen LogP contribution in [0.5, 0.6) is 0 Å². The monoisotopic (exact) mass is 755 g/mol. The minimum atomic E-state index is -3.79. The highest BCUT2D eigenvalue weighted by Gasteiger charge is 2.36. The van der Waals surface area contributed by atoms with Gasteiger partial charge < -0.3 is 16.8 Å². The smallest absolute Gasteiger partial charge is 0.242 e. The highest BCUT2D eigenvalue weighted by atomic mass is 35.5. The zero-order valence-corrected chi connectivity index (χ0v) is 30.4. The number of rotatable bonds is 12. The number of aromatic nitrogens is 4. The standard InChI is InChI=1S/C35H42ClN9O4S.ClH/c36-35-41-33(42-43-35)24-8-10-29(11-9-24)45(34(47)25-6-4-22(19-37)5-7-25)31(32(38)46)17-23-2-1-3-26(16-23)27-18-30(21-40-20-27)50(48,49)44-28-12-14-39-15-13-28;/h1-3,8-11,16,18,20-22,25,28,31,39,44H,4-7,12-15,17,19,37H2,(H2,38,46)(H,41,42,43);1H/t22?,25?,31-;/m0./s1. The summed E-state index contributed by atoms with van der Waals surface area (Å²) in [6.45, 7) is 2.09. The second-order valence-corrected chi connectivity index (χ2v) is 15.1. The lowest BCUT2D eigenvalue weighted by atomic mass is 9.81. The Bertz CT molecular complexity index is 1910. The van der Waals surface area contributed by atoms with Crippen LogP contribution >= 0.6 is 24.0 Å². The summed E-state index contributed by atoms with van der Waals surface area (Å²) in [6, 6.07) is 14.9. The number of benzene rings is 2. The van der Waals surface area contributed by atoms with Crippen molar-refractivity contribution in [3.05, 3.63) is 77.8 Å². The molecule has 1 aliphatic heterocycles. The number of H-pyrrole nitrogens is 1. The van der Waals surface area contributed by atoms with E-state index in [0.717, 1.165) is 31.5 Å². The van der Waals surface area contributed by atoms with Crippen LogP contribution in [0.3, 0.4) is 0 Å². The number of pyridine rings is 1. The highest BCUT2D eigenvalue weighted by Crippen LogP contribution is 2.33. The number of nitrogens with one attached hydrogen (secondary N) is 3. The molecule has 0 spiro atoms. The van der Waals surface area contributed by atoms with E-state index in [2.05, 4.69) is 30.2 Å². The molecule has 1 saturated carbocycles. The van der Waals surface area contributed by atoms with Gasteiger partial charge in [0.2, 0.25) is 27.1 Å². The van der Waals surface area contributed by atoms with Gasteiger partial charge in [-0.15, -0.1) is 12.4 Å². The van der Waals surface area contributed by atoms with Gasteiger partial charge in [0.15, 0.2) is 5.82 Å². The number of halogens is 2. The summed E-state index contributed by atoms with van der Waals surface area (Å²) in [5, 5.41) is 10.1. The molecule has 0 unspecified atom stereocenters. The van der Waals surface area contributed by atoms with Crippen LogP contribution in [0, 0.1) is 11.8 Å². The zero-order chi connectivity index (χ0) is 35.3. The van der Waals surface area contributed by atoms with Crippen LogP contribution < -0.4 is 26.4 Å². The highest BCUT2D eigenvalue weighted by molar-refractivity contribution is 7.89. The summed E-state index contributed by atoms with van der Waals surface area (Å²) >= 11 is 5.93. The maximum absolute atomic E-state index is 14.3. The van der Waals surface area contributed by atoms with E-state index in [9.17, 15) is 18.0 Å². The fraction of sp³-hybridized carbons (Fsp3) is 0.400. The maximum Gasteiger partial charge on any atom is 0.242 e. The molecule has 51 heavy (non-hydrogen) atoms. The first kappa shape index (κ1) is 38.3. The lowest BCUT2D eigenvalue weighted by Crippen LogP contribution is -2.52. The number of sulfonamides is 1. The van der Waals surface area contributed by atoms with Crippen molar-refractivity contribution >= 4 is 51.5 Å². The van der Waals surface area contributed by atoms with Gasteiger partial charge in [0.25, 0.3) is 0 Å². The molecular weight excluding hydrogens is 713 g/mol. The van der Waals surface area contributed by atoms with Gasteiger partial charge in [0.1, 0.15) is 10.9 Å². The number of nitrogens with zero attached hydrogens (tertiary/aromatic N) is 4. The van der Waals surface area contributed by atoms with Crippen molar-refractivity contribution in [2.75, 3.05) is 24.5 Å². The molecule has 6 rings (SSSR count). The second kappa shape index (κ2) is 17.1. The Hall–Kier alpha value is -3.92. The number of hydrogen-bond donors (Lipinski definition) is 5. The van der Waals surface area contributed by atoms with Crippen LogP contribution in [0.2, 0.25) is 5.28 Å². The summed E-state index contributed by atoms with van der Waals surface area (Å²) < 4.78 is 29.3. The number of carbonyl (C=O) groups is 2. The molecule has 2 amide bonds. The molecule has 2 aromatic carbocycles. The van der Waals surface area contributed by atoms with E-state index in [1.807, 2.05) is 24.3 Å². The van der Waals surface area contributed by atoms with Crippen LogP contribution in [0.25, 0.3) is 22.5 Å². The summed E-state index contributed by atoms with van der Waals surface area (Å²) in [6.07, 6.45) is 7.52. The Kier molecular flexibility index (Phi) is 12.8. The number of nitrogens with two attached hydrogens (primary N) is 2. The van der Waals surface area contributed by atoms with Crippen LogP contribution in [0.4, 0.5) is 5.69 Å². The number of carbonyl (C=O) groups excluding carboxylic acids is 2. The molecule has 1 atom stereocenters. The van der Waals surface area contributed by atoms with Gasteiger partial charge in [-0.1, -0.05) is 24.3 Å². The molecule has 3 heterocycles. The zero-order valence-electron chi connectivity index (χ0n) is 28.0. The number of primary amides is 1.